The largest absolute Gasteiger partial charge is 0.490 e. The monoisotopic (exact) mass is 530 g/mol. The van der Waals surface area contributed by atoms with Gasteiger partial charge in [0.25, 0.3) is 5.89 Å². The molecule has 0 saturated carbocycles. The van der Waals surface area contributed by atoms with E-state index in [1.165, 1.54) is 10.4 Å². The van der Waals surface area contributed by atoms with Crippen LogP contribution in [0.1, 0.15) is 49.3 Å². The lowest BCUT2D eigenvalue weighted by molar-refractivity contribution is -0.124. The third-order valence-corrected chi connectivity index (χ3v) is 7.44. The Bertz CT molecular complexity index is 1190. The summed E-state index contributed by atoms with van der Waals surface area (Å²) in [6.45, 7) is 14.0. The quantitative estimate of drug-likeness (QED) is 0.306. The zero-order chi connectivity index (χ0) is 27.1. The van der Waals surface area contributed by atoms with Gasteiger partial charge >= 0.3 is 0 Å². The van der Waals surface area contributed by atoms with Crippen molar-refractivity contribution in [2.45, 2.75) is 66.7 Å². The molecule has 2 aromatic heterocycles. The van der Waals surface area contributed by atoms with E-state index in [0.717, 1.165) is 34.7 Å². The number of hydrogen-bond donors (Lipinski definition) is 3. The van der Waals surface area contributed by atoms with E-state index in [-0.39, 0.29) is 13.2 Å². The van der Waals surface area contributed by atoms with Crippen molar-refractivity contribution in [2.24, 2.45) is 0 Å². The Balaban J connectivity index is 1.76. The fraction of sp³-hybridized carbons (Fsp3) is 0.519. The lowest BCUT2D eigenvalue weighted by Crippen LogP contribution is -2.36. The summed E-state index contributed by atoms with van der Waals surface area (Å²) in [5, 5.41) is 25.6. The van der Waals surface area contributed by atoms with Crippen LogP contribution in [-0.4, -0.2) is 69.6 Å². The Kier molecular flexibility index (Phi) is 10.2. The van der Waals surface area contributed by atoms with Crippen molar-refractivity contribution in [3.8, 4) is 27.9 Å². The van der Waals surface area contributed by atoms with Gasteiger partial charge in [-0.25, -0.2) is 0 Å². The number of thiophene rings is 1. The standard InChI is InChI=1S/C27H38N4O5S/c1-7-19-11-20(9-18(6)25(19)35-15-21(33)12-28-24(34)14-32)26-29-27(36-30-26)22-10-17(5)23(37-22)13-31(8-2)16(3)4/h9-11,16,21,32-33H,7-8,12-15H2,1-6H3,(H,28,34)/t21-/m0/s1. The first kappa shape index (κ1) is 28.8. The maximum Gasteiger partial charge on any atom is 0.268 e. The molecule has 0 spiro atoms. The minimum atomic E-state index is -0.900. The van der Waals surface area contributed by atoms with E-state index >= 15 is 0 Å². The maximum atomic E-state index is 11.2. The van der Waals surface area contributed by atoms with Gasteiger partial charge in [0.1, 0.15) is 25.1 Å². The maximum absolute atomic E-state index is 11.2. The van der Waals surface area contributed by atoms with Crippen LogP contribution in [0.15, 0.2) is 22.7 Å². The normalized spacial score (nSPS) is 12.4. The number of ether oxygens (including phenoxy) is 1. The highest BCUT2D eigenvalue weighted by atomic mass is 32.1. The van der Waals surface area contributed by atoms with Gasteiger partial charge in [-0.2, -0.15) is 4.98 Å². The van der Waals surface area contributed by atoms with Gasteiger partial charge in [-0.3, -0.25) is 9.69 Å². The topological polar surface area (TPSA) is 121 Å². The molecule has 0 bridgehead atoms. The first-order chi connectivity index (χ1) is 17.7. The third-order valence-electron chi connectivity index (χ3n) is 6.23. The third kappa shape index (κ3) is 7.38. The van der Waals surface area contributed by atoms with Crippen LogP contribution in [0.4, 0.5) is 0 Å². The number of amides is 1. The van der Waals surface area contributed by atoms with Crippen LogP contribution in [0.5, 0.6) is 5.75 Å². The summed E-state index contributed by atoms with van der Waals surface area (Å²) >= 11 is 1.69. The second-order valence-electron chi connectivity index (χ2n) is 9.36. The Morgan fingerprint density at radius 3 is 2.62 bits per heavy atom. The number of nitrogens with one attached hydrogen (secondary N) is 1. The zero-order valence-corrected chi connectivity index (χ0v) is 23.3. The Morgan fingerprint density at radius 2 is 1.97 bits per heavy atom. The molecule has 0 aliphatic rings. The molecule has 0 saturated heterocycles. The Hall–Kier alpha value is -2.79. The molecule has 0 fully saturated rings. The number of benzene rings is 1. The second-order valence-corrected chi connectivity index (χ2v) is 10.5. The van der Waals surface area contributed by atoms with E-state index in [4.69, 9.17) is 14.4 Å². The first-order valence-electron chi connectivity index (χ1n) is 12.7. The molecule has 10 heteroatoms. The summed E-state index contributed by atoms with van der Waals surface area (Å²) in [5.41, 5.74) is 3.89. The van der Waals surface area contributed by atoms with Gasteiger partial charge in [0, 0.05) is 29.6 Å². The van der Waals surface area contributed by atoms with Gasteiger partial charge in [-0.05, 0) is 75.5 Å². The molecule has 0 radical (unpaired) electrons. The van der Waals surface area contributed by atoms with Crippen molar-refractivity contribution >= 4 is 17.2 Å². The van der Waals surface area contributed by atoms with E-state index in [1.807, 2.05) is 26.0 Å². The van der Waals surface area contributed by atoms with Crippen LogP contribution in [0.3, 0.4) is 0 Å². The van der Waals surface area contributed by atoms with Crippen LogP contribution < -0.4 is 10.1 Å². The number of aliphatic hydroxyl groups is 2. The van der Waals surface area contributed by atoms with Crippen LogP contribution in [0, 0.1) is 13.8 Å². The molecule has 2 heterocycles. The summed E-state index contributed by atoms with van der Waals surface area (Å²) < 4.78 is 11.5. The summed E-state index contributed by atoms with van der Waals surface area (Å²) in [6, 6.07) is 6.50. The van der Waals surface area contributed by atoms with E-state index < -0.39 is 18.6 Å². The van der Waals surface area contributed by atoms with Gasteiger partial charge in [0.2, 0.25) is 11.7 Å². The van der Waals surface area contributed by atoms with Crippen molar-refractivity contribution in [1.29, 1.82) is 0 Å². The summed E-state index contributed by atoms with van der Waals surface area (Å²) in [5.74, 6) is 1.16. The van der Waals surface area contributed by atoms with E-state index in [2.05, 4.69) is 54.1 Å². The van der Waals surface area contributed by atoms with E-state index in [0.29, 0.717) is 29.9 Å². The van der Waals surface area contributed by atoms with Gasteiger partial charge in [0.05, 0.1) is 4.88 Å². The molecule has 1 atom stereocenters. The molecule has 0 unspecified atom stereocenters. The van der Waals surface area contributed by atoms with Gasteiger partial charge in [-0.15, -0.1) is 11.3 Å². The Labute approximate surface area is 222 Å². The SMILES string of the molecule is CCc1cc(-c2noc(-c3cc(C)c(CN(CC)C(C)C)s3)n2)cc(C)c1OC[C@@H](O)CNC(=O)CO. The molecule has 3 rings (SSSR count). The Morgan fingerprint density at radius 1 is 1.22 bits per heavy atom. The zero-order valence-electron chi connectivity index (χ0n) is 22.5. The fourth-order valence-corrected chi connectivity index (χ4v) is 5.16. The number of hydrogen-bond acceptors (Lipinski definition) is 9. The van der Waals surface area contributed by atoms with E-state index in [9.17, 15) is 9.90 Å². The van der Waals surface area contributed by atoms with Crippen LogP contribution in [0.25, 0.3) is 22.2 Å². The minimum Gasteiger partial charge on any atom is -0.490 e. The predicted octanol–water partition coefficient (Wildman–Crippen LogP) is 3.72. The van der Waals surface area contributed by atoms with Crippen molar-refractivity contribution in [1.82, 2.24) is 20.4 Å². The van der Waals surface area contributed by atoms with Gasteiger partial charge in [0.15, 0.2) is 0 Å². The number of carbonyl (C=O) groups is 1. The van der Waals surface area contributed by atoms with Crippen LogP contribution in [-0.2, 0) is 17.8 Å². The summed E-state index contributed by atoms with van der Waals surface area (Å²) in [4.78, 5) is 20.5. The number of carbonyl (C=O) groups excluding carboxylic acids is 1. The second kappa shape index (κ2) is 13.1. The molecule has 1 aromatic carbocycles. The first-order valence-corrected chi connectivity index (χ1v) is 13.5. The average molecular weight is 531 g/mol. The molecule has 1 amide bonds. The van der Waals surface area contributed by atoms with Crippen LogP contribution in [0.2, 0.25) is 0 Å². The van der Waals surface area contributed by atoms with Crippen molar-refractivity contribution < 1.29 is 24.3 Å². The fourth-order valence-electron chi connectivity index (χ4n) is 4.04. The number of nitrogens with zero attached hydrogens (tertiary/aromatic N) is 3. The predicted molar refractivity (Wildman–Crippen MR) is 145 cm³/mol. The van der Waals surface area contributed by atoms with Gasteiger partial charge in [-0.1, -0.05) is 19.0 Å². The number of aromatic nitrogens is 2. The summed E-state index contributed by atoms with van der Waals surface area (Å²) in [6.07, 6.45) is -0.188. The van der Waals surface area contributed by atoms with Crippen molar-refractivity contribution in [2.75, 3.05) is 26.3 Å². The molecule has 9 nitrogen and oxygen atoms in total. The van der Waals surface area contributed by atoms with Gasteiger partial charge < -0.3 is 24.8 Å². The molecule has 202 valence electrons. The number of rotatable bonds is 13. The molecule has 3 N–H and O–H groups in total. The van der Waals surface area contributed by atoms with Crippen molar-refractivity contribution in [3.05, 3.63) is 39.8 Å². The molecular weight excluding hydrogens is 492 g/mol. The lowest BCUT2D eigenvalue weighted by atomic mass is 10.0. The molecular formula is C27H38N4O5S. The summed E-state index contributed by atoms with van der Waals surface area (Å²) in [7, 11) is 0. The van der Waals surface area contributed by atoms with Crippen LogP contribution >= 0.6 is 11.3 Å². The minimum absolute atomic E-state index is 0.00146. The lowest BCUT2D eigenvalue weighted by Gasteiger charge is -2.24. The highest BCUT2D eigenvalue weighted by Gasteiger charge is 2.19. The molecule has 3 aromatic rings. The van der Waals surface area contributed by atoms with Crippen molar-refractivity contribution in [3.63, 3.8) is 0 Å². The smallest absolute Gasteiger partial charge is 0.268 e. The molecule has 37 heavy (non-hydrogen) atoms. The molecule has 0 aliphatic heterocycles. The number of aryl methyl sites for hydroxylation is 3. The average Bonchev–Trinajstić information content (AvgIpc) is 3.51. The molecule has 0 aliphatic carbocycles. The highest BCUT2D eigenvalue weighted by Crippen LogP contribution is 2.34. The highest BCUT2D eigenvalue weighted by molar-refractivity contribution is 7.15. The van der Waals surface area contributed by atoms with E-state index in [1.54, 1.807) is 11.3 Å². The number of aliphatic hydroxyl groups excluding tert-OH is 2.